The molecule has 0 radical (unpaired) electrons. The normalized spacial score (nSPS) is 10.8. The van der Waals surface area contributed by atoms with Crippen molar-refractivity contribution in [3.8, 4) is 22.1 Å². The number of benzene rings is 3. The number of fused-ring (bicyclic) bond motifs is 1. The summed E-state index contributed by atoms with van der Waals surface area (Å²) >= 11 is 7.75. The van der Waals surface area contributed by atoms with Gasteiger partial charge in [0.2, 0.25) is 0 Å². The molecule has 130 valence electrons. The number of aromatic nitrogens is 1. The molecule has 0 aliphatic heterocycles. The van der Waals surface area contributed by atoms with E-state index in [9.17, 15) is 0 Å². The van der Waals surface area contributed by atoms with Gasteiger partial charge in [0.1, 0.15) is 29.7 Å². The van der Waals surface area contributed by atoms with Crippen molar-refractivity contribution in [1.29, 1.82) is 0 Å². The third-order valence-corrected chi connectivity index (χ3v) is 5.24. The van der Waals surface area contributed by atoms with Gasteiger partial charge >= 0.3 is 0 Å². The van der Waals surface area contributed by atoms with Crippen molar-refractivity contribution < 1.29 is 9.47 Å². The zero-order chi connectivity index (χ0) is 17.8. The molecule has 0 fully saturated rings. The molecule has 0 aliphatic carbocycles. The summed E-state index contributed by atoms with van der Waals surface area (Å²) in [6.07, 6.45) is 0. The van der Waals surface area contributed by atoms with Crippen molar-refractivity contribution >= 4 is 33.2 Å². The Morgan fingerprint density at radius 3 is 2.35 bits per heavy atom. The maximum atomic E-state index is 6.05. The van der Waals surface area contributed by atoms with E-state index < -0.39 is 0 Å². The number of thiazole rings is 1. The zero-order valence-electron chi connectivity index (χ0n) is 13.9. The van der Waals surface area contributed by atoms with Crippen LogP contribution in [0.4, 0.5) is 0 Å². The van der Waals surface area contributed by atoms with E-state index in [1.807, 2.05) is 60.7 Å². The number of para-hydroxylation sites is 2. The molecule has 5 heteroatoms. The lowest BCUT2D eigenvalue weighted by molar-refractivity contribution is 0.217. The molecule has 0 aliphatic rings. The highest BCUT2D eigenvalue weighted by Crippen LogP contribution is 2.30. The van der Waals surface area contributed by atoms with Gasteiger partial charge in [-0.15, -0.1) is 11.3 Å². The van der Waals surface area contributed by atoms with Crippen LogP contribution in [-0.2, 0) is 0 Å². The summed E-state index contributed by atoms with van der Waals surface area (Å²) in [7, 11) is 0. The molecule has 0 saturated heterocycles. The van der Waals surface area contributed by atoms with E-state index in [4.69, 9.17) is 21.1 Å². The summed E-state index contributed by atoms with van der Waals surface area (Å²) in [6, 6.07) is 23.5. The lowest BCUT2D eigenvalue weighted by Crippen LogP contribution is -2.09. The lowest BCUT2D eigenvalue weighted by Gasteiger charge is -2.09. The highest BCUT2D eigenvalue weighted by atomic mass is 35.5. The van der Waals surface area contributed by atoms with Crippen LogP contribution in [0.5, 0.6) is 11.5 Å². The van der Waals surface area contributed by atoms with Gasteiger partial charge in [0.25, 0.3) is 0 Å². The summed E-state index contributed by atoms with van der Waals surface area (Å²) in [5.41, 5.74) is 2.12. The van der Waals surface area contributed by atoms with Crippen molar-refractivity contribution in [2.75, 3.05) is 13.2 Å². The first-order valence-corrected chi connectivity index (χ1v) is 9.45. The Morgan fingerprint density at radius 1 is 0.808 bits per heavy atom. The molecule has 3 aromatic carbocycles. The van der Waals surface area contributed by atoms with Gasteiger partial charge < -0.3 is 9.47 Å². The number of halogens is 1. The van der Waals surface area contributed by atoms with E-state index in [1.165, 1.54) is 4.70 Å². The number of hydrogen-bond donors (Lipinski definition) is 0. The van der Waals surface area contributed by atoms with Gasteiger partial charge in [-0.3, -0.25) is 0 Å². The van der Waals surface area contributed by atoms with E-state index in [0.29, 0.717) is 24.0 Å². The van der Waals surface area contributed by atoms with Crippen LogP contribution in [0.15, 0.2) is 72.8 Å². The van der Waals surface area contributed by atoms with Crippen molar-refractivity contribution in [2.24, 2.45) is 0 Å². The van der Waals surface area contributed by atoms with E-state index in [1.54, 1.807) is 17.4 Å². The van der Waals surface area contributed by atoms with Gasteiger partial charge in [-0.2, -0.15) is 0 Å². The average molecular weight is 382 g/mol. The molecule has 0 spiro atoms. The Kier molecular flexibility index (Phi) is 5.04. The molecule has 4 aromatic rings. The van der Waals surface area contributed by atoms with Crippen LogP contribution in [0.2, 0.25) is 5.02 Å². The Hall–Kier alpha value is -2.56. The van der Waals surface area contributed by atoms with Gasteiger partial charge in [-0.25, -0.2) is 4.98 Å². The van der Waals surface area contributed by atoms with Gasteiger partial charge in [-0.1, -0.05) is 35.9 Å². The second-order valence-electron chi connectivity index (χ2n) is 5.64. The monoisotopic (exact) mass is 381 g/mol. The van der Waals surface area contributed by atoms with Crippen molar-refractivity contribution in [1.82, 2.24) is 4.98 Å². The maximum absolute atomic E-state index is 6.05. The standard InChI is InChI=1S/C21H16ClNO2S/c22-17-5-1-3-7-19(17)25-14-13-24-16-11-9-15(10-12-16)21-23-18-6-2-4-8-20(18)26-21/h1-12H,13-14H2. The third kappa shape index (κ3) is 3.82. The van der Waals surface area contributed by atoms with Crippen molar-refractivity contribution in [2.45, 2.75) is 0 Å². The van der Waals surface area contributed by atoms with Crippen LogP contribution < -0.4 is 9.47 Å². The smallest absolute Gasteiger partial charge is 0.138 e. The van der Waals surface area contributed by atoms with Crippen LogP contribution in [-0.4, -0.2) is 18.2 Å². The number of rotatable bonds is 6. The Morgan fingerprint density at radius 2 is 1.54 bits per heavy atom. The summed E-state index contributed by atoms with van der Waals surface area (Å²) in [5.74, 6) is 1.47. The molecule has 26 heavy (non-hydrogen) atoms. The van der Waals surface area contributed by atoms with E-state index in [0.717, 1.165) is 21.8 Å². The van der Waals surface area contributed by atoms with Crippen molar-refractivity contribution in [3.63, 3.8) is 0 Å². The van der Waals surface area contributed by atoms with Crippen LogP contribution in [0.25, 0.3) is 20.8 Å². The first-order valence-electron chi connectivity index (χ1n) is 8.26. The SMILES string of the molecule is Clc1ccccc1OCCOc1ccc(-c2nc3ccccc3s2)cc1. The first-order chi connectivity index (χ1) is 12.8. The van der Waals surface area contributed by atoms with Crippen LogP contribution in [0, 0.1) is 0 Å². The minimum atomic E-state index is 0.434. The Labute approximate surface area is 160 Å². The second kappa shape index (κ2) is 7.77. The maximum Gasteiger partial charge on any atom is 0.138 e. The quantitative estimate of drug-likeness (QED) is 0.379. The molecule has 3 nitrogen and oxygen atoms in total. The van der Waals surface area contributed by atoms with Gasteiger partial charge in [0.05, 0.1) is 15.2 Å². The predicted octanol–water partition coefficient (Wildman–Crippen LogP) is 6.07. The molecular formula is C21H16ClNO2S. The molecule has 1 heterocycles. The predicted molar refractivity (Wildman–Crippen MR) is 107 cm³/mol. The molecule has 4 rings (SSSR count). The topological polar surface area (TPSA) is 31.4 Å². The van der Waals surface area contributed by atoms with E-state index >= 15 is 0 Å². The summed E-state index contributed by atoms with van der Waals surface area (Å²) in [6.45, 7) is 0.884. The van der Waals surface area contributed by atoms with Gasteiger partial charge in [-0.05, 0) is 48.5 Å². The largest absolute Gasteiger partial charge is 0.490 e. The van der Waals surface area contributed by atoms with Gasteiger partial charge in [0.15, 0.2) is 0 Å². The minimum absolute atomic E-state index is 0.434. The van der Waals surface area contributed by atoms with Gasteiger partial charge in [0, 0.05) is 5.56 Å². The van der Waals surface area contributed by atoms with E-state index in [-0.39, 0.29) is 0 Å². The Bertz CT molecular complexity index is 981. The number of nitrogens with zero attached hydrogens (tertiary/aromatic N) is 1. The second-order valence-corrected chi connectivity index (χ2v) is 7.08. The van der Waals surface area contributed by atoms with Crippen molar-refractivity contribution in [3.05, 3.63) is 77.8 Å². The first kappa shape index (κ1) is 16.9. The molecule has 0 amide bonds. The lowest BCUT2D eigenvalue weighted by atomic mass is 10.2. The highest BCUT2D eigenvalue weighted by Gasteiger charge is 2.06. The number of hydrogen-bond acceptors (Lipinski definition) is 4. The molecule has 0 unspecified atom stereocenters. The fourth-order valence-corrected chi connectivity index (χ4v) is 3.72. The average Bonchev–Trinajstić information content (AvgIpc) is 3.11. The fraction of sp³-hybridized carbons (Fsp3) is 0.0952. The molecule has 0 bridgehead atoms. The highest BCUT2D eigenvalue weighted by molar-refractivity contribution is 7.21. The summed E-state index contributed by atoms with van der Waals surface area (Å²) < 4.78 is 12.5. The van der Waals surface area contributed by atoms with E-state index in [2.05, 4.69) is 11.1 Å². The Balaban J connectivity index is 1.35. The third-order valence-electron chi connectivity index (χ3n) is 3.84. The summed E-state index contributed by atoms with van der Waals surface area (Å²) in [4.78, 5) is 4.68. The molecular weight excluding hydrogens is 366 g/mol. The van der Waals surface area contributed by atoms with Crippen LogP contribution in [0.3, 0.4) is 0 Å². The molecule has 0 atom stereocenters. The number of ether oxygens (including phenoxy) is 2. The van der Waals surface area contributed by atoms with Crippen LogP contribution >= 0.6 is 22.9 Å². The minimum Gasteiger partial charge on any atom is -0.490 e. The van der Waals surface area contributed by atoms with Crippen LogP contribution in [0.1, 0.15) is 0 Å². The summed E-state index contributed by atoms with van der Waals surface area (Å²) in [5, 5.41) is 1.62. The zero-order valence-corrected chi connectivity index (χ0v) is 15.5. The molecule has 0 saturated carbocycles. The molecule has 1 aromatic heterocycles. The molecule has 0 N–H and O–H groups in total. The fourth-order valence-electron chi connectivity index (χ4n) is 2.56.